The van der Waals surface area contributed by atoms with Crippen molar-refractivity contribution in [3.05, 3.63) is 77.9 Å². The summed E-state index contributed by atoms with van der Waals surface area (Å²) in [5, 5.41) is 2.76. The van der Waals surface area contributed by atoms with Gasteiger partial charge in [0.05, 0.1) is 13.4 Å². The van der Waals surface area contributed by atoms with E-state index in [1.807, 2.05) is 30.3 Å². The Morgan fingerprint density at radius 3 is 2.68 bits per heavy atom. The number of ether oxygens (including phenoxy) is 1. The van der Waals surface area contributed by atoms with Crippen molar-refractivity contribution < 1.29 is 14.3 Å². The third-order valence-corrected chi connectivity index (χ3v) is 4.29. The number of methoxy groups -OCH3 is 1. The zero-order valence-corrected chi connectivity index (χ0v) is 15.3. The highest BCUT2D eigenvalue weighted by Gasteiger charge is 2.24. The molecule has 3 rings (SSSR count). The number of aromatic nitrogens is 2. The van der Waals surface area contributed by atoms with Crippen LogP contribution in [0, 0.1) is 12.3 Å². The lowest BCUT2D eigenvalue weighted by molar-refractivity contribution is -0.142. The van der Waals surface area contributed by atoms with Gasteiger partial charge in [0, 0.05) is 29.4 Å². The summed E-state index contributed by atoms with van der Waals surface area (Å²) in [7, 11) is 1.28. The number of nitrogens with one attached hydrogen (secondary N) is 2. The van der Waals surface area contributed by atoms with Crippen molar-refractivity contribution in [1.29, 1.82) is 0 Å². The van der Waals surface area contributed by atoms with Crippen molar-refractivity contribution in [2.24, 2.45) is 0 Å². The summed E-state index contributed by atoms with van der Waals surface area (Å²) in [6.07, 6.45) is 8.86. The Labute approximate surface area is 163 Å². The molecule has 1 heterocycles. The number of carbonyl (C=O) groups is 2. The van der Waals surface area contributed by atoms with E-state index in [1.165, 1.54) is 13.4 Å². The van der Waals surface area contributed by atoms with Crippen LogP contribution in [-0.4, -0.2) is 35.0 Å². The number of aromatic amines is 1. The summed E-state index contributed by atoms with van der Waals surface area (Å²) in [6.45, 7) is 0. The van der Waals surface area contributed by atoms with Gasteiger partial charge in [0.1, 0.15) is 6.04 Å². The molecule has 0 bridgehead atoms. The van der Waals surface area contributed by atoms with Gasteiger partial charge < -0.3 is 15.0 Å². The number of esters is 1. The van der Waals surface area contributed by atoms with Crippen molar-refractivity contribution >= 4 is 11.9 Å². The first-order valence-corrected chi connectivity index (χ1v) is 8.64. The van der Waals surface area contributed by atoms with E-state index in [0.717, 1.165) is 5.56 Å². The maximum absolute atomic E-state index is 13.0. The molecule has 0 radical (unpaired) electrons. The van der Waals surface area contributed by atoms with E-state index >= 15 is 0 Å². The average molecular weight is 373 g/mol. The second-order valence-corrected chi connectivity index (χ2v) is 6.10. The average Bonchev–Trinajstić information content (AvgIpc) is 3.26. The standard InChI is InChI=1S/C22H19N3O3/c1-3-15-9-10-18(19(11-15)16-7-5-4-6-8-16)21(26)25-20(22(27)28-2)12-17-13-23-14-24-17/h1,4-11,13-14,20H,12H2,2H3,(H,23,24)(H,25,26)/t20-/m1/s1. The predicted octanol–water partition coefficient (Wildman–Crippen LogP) is 2.57. The number of terminal acetylenes is 1. The van der Waals surface area contributed by atoms with Crippen molar-refractivity contribution in [3.63, 3.8) is 0 Å². The summed E-state index contributed by atoms with van der Waals surface area (Å²) in [4.78, 5) is 32.0. The van der Waals surface area contributed by atoms with Crippen LogP contribution in [-0.2, 0) is 16.0 Å². The third kappa shape index (κ3) is 4.27. The van der Waals surface area contributed by atoms with Crippen LogP contribution in [0.25, 0.3) is 11.1 Å². The first-order valence-electron chi connectivity index (χ1n) is 8.64. The fourth-order valence-corrected chi connectivity index (χ4v) is 2.88. The maximum atomic E-state index is 13.0. The van der Waals surface area contributed by atoms with Crippen molar-refractivity contribution in [2.75, 3.05) is 7.11 Å². The quantitative estimate of drug-likeness (QED) is 0.514. The molecule has 0 saturated carbocycles. The maximum Gasteiger partial charge on any atom is 0.328 e. The normalized spacial score (nSPS) is 11.3. The Bertz CT molecular complexity index is 1010. The Hall–Kier alpha value is -3.85. The number of rotatable bonds is 6. The molecule has 0 unspecified atom stereocenters. The number of hydrogen-bond donors (Lipinski definition) is 2. The summed E-state index contributed by atoms with van der Waals surface area (Å²) in [5.41, 5.74) is 3.34. The monoisotopic (exact) mass is 373 g/mol. The summed E-state index contributed by atoms with van der Waals surface area (Å²) in [6, 6.07) is 13.8. The van der Waals surface area contributed by atoms with E-state index in [-0.39, 0.29) is 6.42 Å². The summed E-state index contributed by atoms with van der Waals surface area (Å²) >= 11 is 0. The molecule has 0 aliphatic heterocycles. The topological polar surface area (TPSA) is 84.1 Å². The van der Waals surface area contributed by atoms with Crippen LogP contribution in [0.4, 0.5) is 0 Å². The number of nitrogens with zero attached hydrogens (tertiary/aromatic N) is 1. The molecule has 1 atom stereocenters. The molecule has 0 aliphatic carbocycles. The molecule has 6 nitrogen and oxygen atoms in total. The van der Waals surface area contributed by atoms with Crippen molar-refractivity contribution in [1.82, 2.24) is 15.3 Å². The second-order valence-electron chi connectivity index (χ2n) is 6.10. The predicted molar refractivity (Wildman–Crippen MR) is 105 cm³/mol. The number of H-pyrrole nitrogens is 1. The lowest BCUT2D eigenvalue weighted by atomic mass is 9.96. The highest BCUT2D eigenvalue weighted by Crippen LogP contribution is 2.25. The first-order chi connectivity index (χ1) is 13.6. The first kappa shape index (κ1) is 18.9. The van der Waals surface area contributed by atoms with Gasteiger partial charge in [-0.2, -0.15) is 0 Å². The minimum atomic E-state index is -0.853. The van der Waals surface area contributed by atoms with Gasteiger partial charge in [-0.25, -0.2) is 9.78 Å². The van der Waals surface area contributed by atoms with Crippen LogP contribution in [0.3, 0.4) is 0 Å². The summed E-state index contributed by atoms with van der Waals surface area (Å²) in [5.74, 6) is 1.66. The van der Waals surface area contributed by atoms with Crippen LogP contribution in [0.2, 0.25) is 0 Å². The van der Waals surface area contributed by atoms with Gasteiger partial charge in [0.15, 0.2) is 0 Å². The Balaban J connectivity index is 1.92. The van der Waals surface area contributed by atoms with Gasteiger partial charge >= 0.3 is 5.97 Å². The van der Waals surface area contributed by atoms with Gasteiger partial charge in [-0.3, -0.25) is 4.79 Å². The fourth-order valence-electron chi connectivity index (χ4n) is 2.88. The minimum absolute atomic E-state index is 0.238. The third-order valence-electron chi connectivity index (χ3n) is 4.29. The van der Waals surface area contributed by atoms with E-state index in [4.69, 9.17) is 11.2 Å². The number of carbonyl (C=O) groups excluding carboxylic acids is 2. The molecule has 0 saturated heterocycles. The second kappa shape index (κ2) is 8.69. The molecule has 6 heteroatoms. The molecular weight excluding hydrogens is 354 g/mol. The minimum Gasteiger partial charge on any atom is -0.467 e. The van der Waals surface area contributed by atoms with Crippen LogP contribution < -0.4 is 5.32 Å². The molecule has 0 spiro atoms. The Morgan fingerprint density at radius 2 is 2.04 bits per heavy atom. The molecule has 1 aromatic heterocycles. The number of amides is 1. The number of benzene rings is 2. The number of imidazole rings is 1. The number of hydrogen-bond acceptors (Lipinski definition) is 4. The van der Waals surface area contributed by atoms with Gasteiger partial charge in [0.25, 0.3) is 5.91 Å². The van der Waals surface area contributed by atoms with Crippen molar-refractivity contribution in [2.45, 2.75) is 12.5 Å². The Morgan fingerprint density at radius 1 is 1.25 bits per heavy atom. The molecule has 2 N–H and O–H groups in total. The molecule has 1 amide bonds. The van der Waals surface area contributed by atoms with Gasteiger partial charge in [-0.1, -0.05) is 36.3 Å². The zero-order chi connectivity index (χ0) is 19.9. The molecule has 28 heavy (non-hydrogen) atoms. The van der Waals surface area contributed by atoms with E-state index in [1.54, 1.807) is 24.4 Å². The molecule has 3 aromatic rings. The molecule has 0 aliphatic rings. The van der Waals surface area contributed by atoms with Crippen LogP contribution in [0.1, 0.15) is 21.6 Å². The largest absolute Gasteiger partial charge is 0.467 e. The van der Waals surface area contributed by atoms with Crippen LogP contribution in [0.5, 0.6) is 0 Å². The molecular formula is C22H19N3O3. The Kier molecular flexibility index (Phi) is 5.87. The lowest BCUT2D eigenvalue weighted by Gasteiger charge is -2.17. The highest BCUT2D eigenvalue weighted by molar-refractivity contribution is 6.02. The van der Waals surface area contributed by atoms with E-state index in [0.29, 0.717) is 22.4 Å². The lowest BCUT2D eigenvalue weighted by Crippen LogP contribution is -2.43. The van der Waals surface area contributed by atoms with Gasteiger partial charge in [0.2, 0.25) is 0 Å². The van der Waals surface area contributed by atoms with Gasteiger partial charge in [-0.05, 0) is 29.3 Å². The van der Waals surface area contributed by atoms with Crippen molar-refractivity contribution in [3.8, 4) is 23.5 Å². The highest BCUT2D eigenvalue weighted by atomic mass is 16.5. The molecule has 0 fully saturated rings. The van der Waals surface area contributed by atoms with E-state index in [2.05, 4.69) is 21.2 Å². The van der Waals surface area contributed by atoms with Gasteiger partial charge in [-0.15, -0.1) is 6.42 Å². The zero-order valence-electron chi connectivity index (χ0n) is 15.3. The molecule has 140 valence electrons. The molecule has 2 aromatic carbocycles. The van der Waals surface area contributed by atoms with Crippen LogP contribution >= 0.6 is 0 Å². The smallest absolute Gasteiger partial charge is 0.328 e. The summed E-state index contributed by atoms with van der Waals surface area (Å²) < 4.78 is 4.83. The van der Waals surface area contributed by atoms with E-state index < -0.39 is 17.9 Å². The van der Waals surface area contributed by atoms with E-state index in [9.17, 15) is 9.59 Å². The SMILES string of the molecule is C#Cc1ccc(C(=O)N[C@H](Cc2cnc[nH]2)C(=O)OC)c(-c2ccccc2)c1. The fraction of sp³-hybridized carbons (Fsp3) is 0.136. The van der Waals surface area contributed by atoms with Crippen LogP contribution in [0.15, 0.2) is 61.1 Å².